The summed E-state index contributed by atoms with van der Waals surface area (Å²) in [7, 11) is 0. The van der Waals surface area contributed by atoms with Crippen LogP contribution in [0.15, 0.2) is 0 Å². The van der Waals surface area contributed by atoms with E-state index >= 15 is 0 Å². The number of piperidine rings is 1. The Bertz CT molecular complexity index is 397. The van der Waals surface area contributed by atoms with E-state index in [0.717, 1.165) is 19.4 Å². The zero-order chi connectivity index (χ0) is 14.9. The molecule has 2 aliphatic rings. The molecule has 0 aromatic carbocycles. The number of ether oxygens (including phenoxy) is 1. The minimum absolute atomic E-state index is 0.00450. The largest absolute Gasteiger partial charge is 0.480 e. The molecule has 3 atom stereocenters. The van der Waals surface area contributed by atoms with Gasteiger partial charge in [-0.2, -0.15) is 0 Å². The highest BCUT2D eigenvalue weighted by molar-refractivity contribution is 5.78. The zero-order valence-corrected chi connectivity index (χ0v) is 12.2. The van der Waals surface area contributed by atoms with Gasteiger partial charge in [0.05, 0.1) is 11.7 Å². The van der Waals surface area contributed by atoms with Crippen LogP contribution in [0, 0.1) is 5.92 Å². The molecule has 2 aliphatic heterocycles. The van der Waals surface area contributed by atoms with Gasteiger partial charge in [-0.1, -0.05) is 0 Å². The summed E-state index contributed by atoms with van der Waals surface area (Å²) in [6.07, 6.45) is 2.49. The number of likely N-dealkylation sites (tertiary alicyclic amines) is 1. The Hall–Kier alpha value is -1.14. The number of carboxylic acid groups (broad SMARTS) is 1. The second-order valence-corrected chi connectivity index (χ2v) is 6.49. The number of carbonyl (C=O) groups is 2. The van der Waals surface area contributed by atoms with Gasteiger partial charge in [-0.3, -0.25) is 9.59 Å². The number of fused-ring (bicyclic) bond motifs is 1. The molecule has 0 unspecified atom stereocenters. The van der Waals surface area contributed by atoms with Crippen LogP contribution in [0.1, 0.15) is 39.5 Å². The number of nitrogens with two attached hydrogens (primary N) is 1. The van der Waals surface area contributed by atoms with Gasteiger partial charge in [0, 0.05) is 25.4 Å². The summed E-state index contributed by atoms with van der Waals surface area (Å²) in [6.45, 7) is 5.58. The van der Waals surface area contributed by atoms with Gasteiger partial charge in [-0.25, -0.2) is 0 Å². The number of hydrogen-bond acceptors (Lipinski definition) is 4. The van der Waals surface area contributed by atoms with Crippen LogP contribution in [0.2, 0.25) is 0 Å². The number of carboxylic acids is 1. The molecule has 0 radical (unpaired) electrons. The molecule has 2 fully saturated rings. The number of aliphatic carboxylic acids is 1. The predicted molar refractivity (Wildman–Crippen MR) is 73.1 cm³/mol. The quantitative estimate of drug-likeness (QED) is 0.788. The molecule has 2 saturated heterocycles. The summed E-state index contributed by atoms with van der Waals surface area (Å²) >= 11 is 0. The van der Waals surface area contributed by atoms with Gasteiger partial charge in [0.2, 0.25) is 5.91 Å². The highest BCUT2D eigenvalue weighted by atomic mass is 16.5. The average Bonchev–Trinajstić information content (AvgIpc) is 2.67. The van der Waals surface area contributed by atoms with E-state index in [1.165, 1.54) is 0 Å². The Kier molecular flexibility index (Phi) is 4.34. The summed E-state index contributed by atoms with van der Waals surface area (Å²) in [5, 5.41) is 8.72. The van der Waals surface area contributed by atoms with E-state index in [9.17, 15) is 9.59 Å². The molecule has 2 heterocycles. The van der Waals surface area contributed by atoms with Crippen molar-refractivity contribution in [1.82, 2.24) is 4.90 Å². The van der Waals surface area contributed by atoms with Gasteiger partial charge in [0.25, 0.3) is 0 Å². The molecular weight excluding hydrogens is 260 g/mol. The average molecular weight is 284 g/mol. The van der Waals surface area contributed by atoms with Crippen LogP contribution in [0.3, 0.4) is 0 Å². The standard InChI is InChI=1S/C14H24N2O4/c1-14(2)7-9-8-16(6-5-11(9)20-14)12(17)4-3-10(15)13(18)19/h9-11H,3-8,15H2,1-2H3,(H,18,19)/t9-,10-,11+/m1/s1. The summed E-state index contributed by atoms with van der Waals surface area (Å²) in [5.74, 6) is -0.650. The first-order valence-electron chi connectivity index (χ1n) is 7.22. The van der Waals surface area contributed by atoms with Crippen LogP contribution >= 0.6 is 0 Å². The monoisotopic (exact) mass is 284 g/mol. The molecule has 0 spiro atoms. The van der Waals surface area contributed by atoms with E-state index in [2.05, 4.69) is 13.8 Å². The van der Waals surface area contributed by atoms with Crippen LogP contribution < -0.4 is 5.73 Å². The lowest BCUT2D eigenvalue weighted by atomic mass is 9.89. The van der Waals surface area contributed by atoms with E-state index in [-0.39, 0.29) is 30.5 Å². The summed E-state index contributed by atoms with van der Waals surface area (Å²) in [5.41, 5.74) is 5.33. The van der Waals surface area contributed by atoms with E-state index in [1.807, 2.05) is 4.90 Å². The molecule has 1 amide bonds. The Balaban J connectivity index is 1.83. The molecule has 6 nitrogen and oxygen atoms in total. The third-order valence-electron chi connectivity index (χ3n) is 4.23. The molecule has 0 bridgehead atoms. The second kappa shape index (κ2) is 5.69. The Morgan fingerprint density at radius 2 is 2.20 bits per heavy atom. The highest BCUT2D eigenvalue weighted by Gasteiger charge is 2.43. The fourth-order valence-electron chi connectivity index (χ4n) is 3.24. The molecule has 114 valence electrons. The van der Waals surface area contributed by atoms with E-state index in [4.69, 9.17) is 15.6 Å². The van der Waals surface area contributed by atoms with Crippen LogP contribution in [0.4, 0.5) is 0 Å². The molecule has 0 aromatic rings. The van der Waals surface area contributed by atoms with Crippen LogP contribution in [-0.2, 0) is 14.3 Å². The smallest absolute Gasteiger partial charge is 0.320 e. The molecule has 2 rings (SSSR count). The topological polar surface area (TPSA) is 92.9 Å². The van der Waals surface area contributed by atoms with E-state index in [0.29, 0.717) is 12.5 Å². The molecular formula is C14H24N2O4. The fraction of sp³-hybridized carbons (Fsp3) is 0.857. The maximum Gasteiger partial charge on any atom is 0.320 e. The van der Waals surface area contributed by atoms with Crippen molar-refractivity contribution in [3.63, 3.8) is 0 Å². The van der Waals surface area contributed by atoms with Crippen molar-refractivity contribution in [3.05, 3.63) is 0 Å². The van der Waals surface area contributed by atoms with Crippen molar-refractivity contribution in [2.45, 2.75) is 57.3 Å². The zero-order valence-electron chi connectivity index (χ0n) is 12.2. The number of hydrogen-bond donors (Lipinski definition) is 2. The van der Waals surface area contributed by atoms with Crippen molar-refractivity contribution in [3.8, 4) is 0 Å². The van der Waals surface area contributed by atoms with E-state index in [1.54, 1.807) is 0 Å². The van der Waals surface area contributed by atoms with Gasteiger partial charge < -0.3 is 20.5 Å². The lowest BCUT2D eigenvalue weighted by molar-refractivity contribution is -0.139. The highest BCUT2D eigenvalue weighted by Crippen LogP contribution is 2.38. The van der Waals surface area contributed by atoms with Gasteiger partial charge in [0.15, 0.2) is 0 Å². The lowest BCUT2D eigenvalue weighted by Crippen LogP contribution is -2.45. The first-order chi connectivity index (χ1) is 9.28. The van der Waals surface area contributed by atoms with Crippen LogP contribution in [0.5, 0.6) is 0 Å². The SMILES string of the molecule is CC1(C)C[C@@H]2CN(C(=O)CC[C@@H](N)C(=O)O)CC[C@@H]2O1. The Morgan fingerprint density at radius 1 is 1.50 bits per heavy atom. The molecule has 0 aromatic heterocycles. The Morgan fingerprint density at radius 3 is 2.85 bits per heavy atom. The van der Waals surface area contributed by atoms with Crippen molar-refractivity contribution >= 4 is 11.9 Å². The lowest BCUT2D eigenvalue weighted by Gasteiger charge is -2.34. The predicted octanol–water partition coefficient (Wildman–Crippen LogP) is 0.595. The summed E-state index contributed by atoms with van der Waals surface area (Å²) in [6, 6.07) is -0.953. The second-order valence-electron chi connectivity index (χ2n) is 6.49. The minimum Gasteiger partial charge on any atom is -0.480 e. The third kappa shape index (κ3) is 3.49. The van der Waals surface area contributed by atoms with Gasteiger partial charge in [-0.05, 0) is 33.1 Å². The van der Waals surface area contributed by atoms with Crippen molar-refractivity contribution in [1.29, 1.82) is 0 Å². The van der Waals surface area contributed by atoms with Gasteiger partial charge >= 0.3 is 5.97 Å². The van der Waals surface area contributed by atoms with Crippen molar-refractivity contribution in [2.24, 2.45) is 11.7 Å². The first kappa shape index (κ1) is 15.3. The Labute approximate surface area is 119 Å². The molecule has 0 saturated carbocycles. The van der Waals surface area contributed by atoms with Crippen molar-refractivity contribution < 1.29 is 19.4 Å². The molecule has 20 heavy (non-hydrogen) atoms. The number of nitrogens with zero attached hydrogens (tertiary/aromatic N) is 1. The number of carbonyl (C=O) groups excluding carboxylic acids is 1. The third-order valence-corrected chi connectivity index (χ3v) is 4.23. The maximum absolute atomic E-state index is 12.1. The minimum atomic E-state index is -1.05. The number of rotatable bonds is 4. The summed E-state index contributed by atoms with van der Waals surface area (Å²) in [4.78, 5) is 24.6. The van der Waals surface area contributed by atoms with Crippen LogP contribution in [0.25, 0.3) is 0 Å². The molecule has 6 heteroatoms. The first-order valence-corrected chi connectivity index (χ1v) is 7.22. The summed E-state index contributed by atoms with van der Waals surface area (Å²) < 4.78 is 5.97. The van der Waals surface area contributed by atoms with Gasteiger partial charge in [0.1, 0.15) is 6.04 Å². The maximum atomic E-state index is 12.1. The molecule has 3 N–H and O–H groups in total. The van der Waals surface area contributed by atoms with E-state index < -0.39 is 12.0 Å². The number of amides is 1. The molecule has 0 aliphatic carbocycles. The van der Waals surface area contributed by atoms with Gasteiger partial charge in [-0.15, -0.1) is 0 Å². The normalized spacial score (nSPS) is 29.9. The fourth-order valence-corrected chi connectivity index (χ4v) is 3.24. The van der Waals surface area contributed by atoms with Crippen LogP contribution in [-0.4, -0.2) is 52.7 Å². The van der Waals surface area contributed by atoms with Crippen molar-refractivity contribution in [2.75, 3.05) is 13.1 Å².